The monoisotopic (exact) mass is 491 g/mol. The van der Waals surface area contributed by atoms with Gasteiger partial charge in [-0.1, -0.05) is 42.5 Å². The van der Waals surface area contributed by atoms with Gasteiger partial charge >= 0.3 is 0 Å². The van der Waals surface area contributed by atoms with Gasteiger partial charge in [-0.3, -0.25) is 4.90 Å². The molecule has 2 heterocycles. The largest absolute Gasteiger partial charge is 0.468 e. The molecular formula is C28H30FN3O4. The highest BCUT2D eigenvalue weighted by Crippen LogP contribution is 2.34. The van der Waals surface area contributed by atoms with Gasteiger partial charge in [0.15, 0.2) is 0 Å². The summed E-state index contributed by atoms with van der Waals surface area (Å²) >= 11 is 0. The van der Waals surface area contributed by atoms with Crippen molar-refractivity contribution in [3.8, 4) is 22.9 Å². The number of aromatic nitrogens is 2. The van der Waals surface area contributed by atoms with Crippen LogP contribution in [0.15, 0.2) is 90.1 Å². The van der Waals surface area contributed by atoms with Gasteiger partial charge in [0.05, 0.1) is 37.7 Å². The smallest absolute Gasteiger partial charge is 0.222 e. The van der Waals surface area contributed by atoms with Crippen molar-refractivity contribution in [3.05, 3.63) is 103 Å². The number of ether oxygens (including phenoxy) is 2. The van der Waals surface area contributed by atoms with Gasteiger partial charge in [-0.2, -0.15) is 5.10 Å². The molecule has 0 fully saturated rings. The molecule has 0 aliphatic heterocycles. The molecule has 1 atom stereocenters. The van der Waals surface area contributed by atoms with Crippen molar-refractivity contribution in [2.24, 2.45) is 7.05 Å². The van der Waals surface area contributed by atoms with E-state index in [1.165, 1.54) is 12.1 Å². The van der Waals surface area contributed by atoms with Crippen LogP contribution in [-0.4, -0.2) is 45.6 Å². The van der Waals surface area contributed by atoms with Crippen LogP contribution in [0.5, 0.6) is 11.6 Å². The van der Waals surface area contributed by atoms with E-state index in [-0.39, 0.29) is 12.4 Å². The summed E-state index contributed by atoms with van der Waals surface area (Å²) in [5.74, 6) is 1.23. The van der Waals surface area contributed by atoms with E-state index >= 15 is 0 Å². The molecule has 2 aromatic heterocycles. The number of aliphatic hydroxyl groups is 1. The van der Waals surface area contributed by atoms with Crippen molar-refractivity contribution in [2.45, 2.75) is 19.2 Å². The second-order valence-corrected chi connectivity index (χ2v) is 8.41. The van der Waals surface area contributed by atoms with Crippen molar-refractivity contribution < 1.29 is 23.4 Å². The lowest BCUT2D eigenvalue weighted by molar-refractivity contribution is 0.0215. The van der Waals surface area contributed by atoms with Crippen LogP contribution in [0, 0.1) is 5.82 Å². The first kappa shape index (κ1) is 25.4. The van der Waals surface area contributed by atoms with Gasteiger partial charge in [0.1, 0.15) is 23.0 Å². The Bertz CT molecular complexity index is 1240. The molecule has 0 bridgehead atoms. The molecule has 0 unspecified atom stereocenters. The zero-order valence-corrected chi connectivity index (χ0v) is 20.2. The number of aliphatic hydroxyl groups excluding tert-OH is 1. The molecule has 8 heteroatoms. The van der Waals surface area contributed by atoms with E-state index in [4.69, 9.17) is 19.0 Å². The predicted octanol–water partition coefficient (Wildman–Crippen LogP) is 5.18. The molecule has 0 radical (unpaired) electrons. The molecule has 0 aliphatic rings. The summed E-state index contributed by atoms with van der Waals surface area (Å²) in [6, 6.07) is 19.5. The van der Waals surface area contributed by atoms with E-state index in [0.29, 0.717) is 37.9 Å². The van der Waals surface area contributed by atoms with Crippen molar-refractivity contribution in [3.63, 3.8) is 0 Å². The Morgan fingerprint density at radius 3 is 2.69 bits per heavy atom. The van der Waals surface area contributed by atoms with E-state index in [1.807, 2.05) is 47.4 Å². The molecule has 7 nitrogen and oxygen atoms in total. The molecule has 0 aliphatic carbocycles. The summed E-state index contributed by atoms with van der Waals surface area (Å²) in [6.45, 7) is 5.34. The van der Waals surface area contributed by atoms with Crippen LogP contribution in [0.1, 0.15) is 11.3 Å². The van der Waals surface area contributed by atoms with Gasteiger partial charge in [-0.25, -0.2) is 9.07 Å². The zero-order chi connectivity index (χ0) is 25.3. The second-order valence-electron chi connectivity index (χ2n) is 8.41. The van der Waals surface area contributed by atoms with Gasteiger partial charge in [-0.05, 0) is 24.3 Å². The third kappa shape index (κ3) is 6.69. The van der Waals surface area contributed by atoms with Gasteiger partial charge < -0.3 is 19.0 Å². The number of rotatable bonds is 13. The molecule has 0 amide bonds. The number of benzene rings is 2. The Labute approximate surface area is 210 Å². The summed E-state index contributed by atoms with van der Waals surface area (Å²) in [7, 11) is 1.79. The zero-order valence-electron chi connectivity index (χ0n) is 20.2. The number of hydrogen-bond donors (Lipinski definition) is 1. The first-order valence-electron chi connectivity index (χ1n) is 11.7. The maximum Gasteiger partial charge on any atom is 0.222 e. The minimum atomic E-state index is -0.732. The molecule has 0 saturated carbocycles. The lowest BCUT2D eigenvalue weighted by Gasteiger charge is -2.24. The summed E-state index contributed by atoms with van der Waals surface area (Å²) in [5, 5.41) is 15.4. The molecular weight excluding hydrogens is 461 g/mol. The molecule has 36 heavy (non-hydrogen) atoms. The van der Waals surface area contributed by atoms with Crippen LogP contribution in [0.3, 0.4) is 0 Å². The molecule has 4 aromatic rings. The molecule has 1 N–H and O–H groups in total. The molecule has 4 rings (SSSR count). The third-order valence-corrected chi connectivity index (χ3v) is 5.50. The lowest BCUT2D eigenvalue weighted by atomic mass is 10.1. The Balaban J connectivity index is 1.68. The highest BCUT2D eigenvalue weighted by molar-refractivity contribution is 5.65. The molecule has 0 spiro atoms. The molecule has 0 saturated heterocycles. The van der Waals surface area contributed by atoms with Gasteiger partial charge in [-0.15, -0.1) is 6.58 Å². The van der Waals surface area contributed by atoms with E-state index in [0.717, 1.165) is 22.6 Å². The highest BCUT2D eigenvalue weighted by atomic mass is 19.1. The van der Waals surface area contributed by atoms with Crippen LogP contribution in [-0.2, 0) is 24.9 Å². The van der Waals surface area contributed by atoms with Gasteiger partial charge in [0, 0.05) is 31.8 Å². The number of nitrogens with zero attached hydrogens (tertiary/aromatic N) is 3. The molecule has 2 aromatic carbocycles. The van der Waals surface area contributed by atoms with Crippen LogP contribution in [0.4, 0.5) is 4.39 Å². The fourth-order valence-electron chi connectivity index (χ4n) is 3.96. The van der Waals surface area contributed by atoms with Gasteiger partial charge in [0.2, 0.25) is 5.88 Å². The normalized spacial score (nSPS) is 12.1. The Morgan fingerprint density at radius 2 is 1.97 bits per heavy atom. The third-order valence-electron chi connectivity index (χ3n) is 5.50. The number of halogens is 1. The van der Waals surface area contributed by atoms with E-state index in [2.05, 4.69) is 6.58 Å². The van der Waals surface area contributed by atoms with Crippen LogP contribution in [0.25, 0.3) is 11.3 Å². The van der Waals surface area contributed by atoms with Crippen LogP contribution in [0.2, 0.25) is 0 Å². The highest BCUT2D eigenvalue weighted by Gasteiger charge is 2.24. The predicted molar refractivity (Wildman–Crippen MR) is 135 cm³/mol. The van der Waals surface area contributed by atoms with E-state index in [1.54, 1.807) is 36.2 Å². The number of hydrogen-bond acceptors (Lipinski definition) is 6. The van der Waals surface area contributed by atoms with Crippen molar-refractivity contribution in [1.82, 2.24) is 14.7 Å². The standard InChI is InChI=1S/C28H30FN3O4/c1-3-14-34-20-23(33)17-32(18-25-13-8-15-35-25)19-26-27(21-9-5-4-6-10-21)30-31(2)28(26)36-24-12-7-11-22(29)16-24/h3-13,15-16,23,33H,1,14,17-20H2,2H3/t23-/m0/s1. The first-order chi connectivity index (χ1) is 17.5. The van der Waals surface area contributed by atoms with Gasteiger partial charge in [0.25, 0.3) is 0 Å². The van der Waals surface area contributed by atoms with E-state index in [9.17, 15) is 9.50 Å². The molecule has 188 valence electrons. The average Bonchev–Trinajstić information content (AvgIpc) is 3.48. The van der Waals surface area contributed by atoms with Crippen molar-refractivity contribution >= 4 is 0 Å². The average molecular weight is 492 g/mol. The summed E-state index contributed by atoms with van der Waals surface area (Å²) in [6.07, 6.45) is 2.53. The topological polar surface area (TPSA) is 72.9 Å². The second kappa shape index (κ2) is 12.3. The Morgan fingerprint density at radius 1 is 1.14 bits per heavy atom. The summed E-state index contributed by atoms with van der Waals surface area (Å²) < 4.78 is 32.7. The Kier molecular flexibility index (Phi) is 8.67. The number of aryl methyl sites for hydroxylation is 1. The lowest BCUT2D eigenvalue weighted by Crippen LogP contribution is -2.34. The fourth-order valence-corrected chi connectivity index (χ4v) is 3.96. The van der Waals surface area contributed by atoms with Crippen molar-refractivity contribution in [2.75, 3.05) is 19.8 Å². The quantitative estimate of drug-likeness (QED) is 0.205. The van der Waals surface area contributed by atoms with Crippen LogP contribution < -0.4 is 4.74 Å². The van der Waals surface area contributed by atoms with E-state index < -0.39 is 6.10 Å². The summed E-state index contributed by atoms with van der Waals surface area (Å²) in [4.78, 5) is 2.04. The first-order valence-corrected chi connectivity index (χ1v) is 11.7. The minimum absolute atomic E-state index is 0.173. The minimum Gasteiger partial charge on any atom is -0.468 e. The summed E-state index contributed by atoms with van der Waals surface area (Å²) in [5.41, 5.74) is 2.47. The fraction of sp³-hybridized carbons (Fsp3) is 0.250. The SMILES string of the molecule is C=CCOC[C@@H](O)CN(Cc1ccco1)Cc1c(-c2ccccc2)nn(C)c1Oc1cccc(F)c1. The van der Waals surface area contributed by atoms with Crippen molar-refractivity contribution in [1.29, 1.82) is 0 Å². The maximum absolute atomic E-state index is 13.9. The maximum atomic E-state index is 13.9. The number of furan rings is 1. The van der Waals surface area contributed by atoms with Crippen LogP contribution >= 0.6 is 0 Å². The Hall–Kier alpha value is -3.72.